The quantitative estimate of drug-likeness (QED) is 0.685. The van der Waals surface area contributed by atoms with E-state index in [-0.39, 0.29) is 11.7 Å². The fourth-order valence-corrected chi connectivity index (χ4v) is 2.17. The largest absolute Gasteiger partial charge is 0.491 e. The summed E-state index contributed by atoms with van der Waals surface area (Å²) in [4.78, 5) is 15.5. The summed E-state index contributed by atoms with van der Waals surface area (Å²) >= 11 is 0. The molecule has 23 heavy (non-hydrogen) atoms. The number of aromatic nitrogens is 3. The maximum atomic E-state index is 11.7. The summed E-state index contributed by atoms with van der Waals surface area (Å²) < 4.78 is 5.80. The van der Waals surface area contributed by atoms with Gasteiger partial charge in [-0.15, -0.1) is 0 Å². The third-order valence-electron chi connectivity index (χ3n) is 3.25. The average Bonchev–Trinajstić information content (AvgIpc) is 3.14. The minimum atomic E-state index is -0.303. The number of para-hydroxylation sites is 1. The van der Waals surface area contributed by atoms with Crippen molar-refractivity contribution in [3.63, 3.8) is 0 Å². The smallest absolute Gasteiger partial charge is 0.288 e. The van der Waals surface area contributed by atoms with Crippen LogP contribution in [0.4, 0.5) is 0 Å². The molecule has 1 heterocycles. The third kappa shape index (κ3) is 3.74. The number of rotatable bonds is 6. The molecule has 0 saturated carbocycles. The van der Waals surface area contributed by atoms with Crippen LogP contribution >= 0.6 is 0 Å². The van der Waals surface area contributed by atoms with Crippen LogP contribution in [0.15, 0.2) is 60.9 Å². The lowest BCUT2D eigenvalue weighted by Gasteiger charge is -2.11. The molecule has 3 aromatic rings. The Morgan fingerprint density at radius 2 is 1.87 bits per heavy atom. The van der Waals surface area contributed by atoms with E-state index < -0.39 is 0 Å². The summed E-state index contributed by atoms with van der Waals surface area (Å²) in [5.41, 5.74) is 2.11. The van der Waals surface area contributed by atoms with Crippen LogP contribution in [0.2, 0.25) is 0 Å². The van der Waals surface area contributed by atoms with Crippen molar-refractivity contribution in [1.29, 1.82) is 0 Å². The maximum absolute atomic E-state index is 11.7. The molecule has 3 rings (SSSR count). The topological polar surface area (TPSA) is 79.9 Å². The van der Waals surface area contributed by atoms with E-state index >= 15 is 0 Å². The molecule has 0 aliphatic heterocycles. The highest BCUT2D eigenvalue weighted by atomic mass is 16.5. The molecule has 0 aliphatic carbocycles. The van der Waals surface area contributed by atoms with Crippen LogP contribution in [-0.4, -0.2) is 34.2 Å². The van der Waals surface area contributed by atoms with E-state index in [1.54, 1.807) is 0 Å². The molecule has 1 amide bonds. The van der Waals surface area contributed by atoms with Crippen molar-refractivity contribution < 1.29 is 9.53 Å². The predicted molar refractivity (Wildman–Crippen MR) is 86.1 cm³/mol. The van der Waals surface area contributed by atoms with Crippen LogP contribution in [0.25, 0.3) is 11.1 Å². The molecule has 0 aliphatic rings. The van der Waals surface area contributed by atoms with Crippen molar-refractivity contribution in [2.24, 2.45) is 0 Å². The normalized spacial score (nSPS) is 10.3. The van der Waals surface area contributed by atoms with Gasteiger partial charge in [0.25, 0.3) is 5.91 Å². The summed E-state index contributed by atoms with van der Waals surface area (Å²) in [6, 6.07) is 17.9. The number of nitrogens with zero attached hydrogens (tertiary/aromatic N) is 2. The SMILES string of the molecule is O=C(NCCOc1ccccc1-c1ccccc1)c1ncn[nH]1. The Balaban J connectivity index is 1.58. The third-order valence-corrected chi connectivity index (χ3v) is 3.25. The molecule has 0 atom stereocenters. The van der Waals surface area contributed by atoms with E-state index in [0.29, 0.717) is 13.2 Å². The number of hydrogen-bond donors (Lipinski definition) is 2. The minimum absolute atomic E-state index is 0.190. The highest BCUT2D eigenvalue weighted by Gasteiger charge is 2.08. The lowest BCUT2D eigenvalue weighted by molar-refractivity contribution is 0.0937. The molecule has 0 unspecified atom stereocenters. The molecule has 0 radical (unpaired) electrons. The summed E-state index contributed by atoms with van der Waals surface area (Å²) in [5.74, 6) is 0.671. The van der Waals surface area contributed by atoms with E-state index in [0.717, 1.165) is 16.9 Å². The number of carbonyl (C=O) groups is 1. The average molecular weight is 308 g/mol. The highest BCUT2D eigenvalue weighted by molar-refractivity contribution is 5.90. The molecular formula is C17H16N4O2. The number of nitrogens with one attached hydrogen (secondary N) is 2. The van der Waals surface area contributed by atoms with E-state index in [1.165, 1.54) is 6.33 Å². The first-order valence-electron chi connectivity index (χ1n) is 7.25. The van der Waals surface area contributed by atoms with Crippen molar-refractivity contribution in [2.45, 2.75) is 0 Å². The number of amides is 1. The molecular weight excluding hydrogens is 292 g/mol. The van der Waals surface area contributed by atoms with Gasteiger partial charge >= 0.3 is 0 Å². The Morgan fingerprint density at radius 1 is 1.09 bits per heavy atom. The van der Waals surface area contributed by atoms with Gasteiger partial charge in [-0.25, -0.2) is 4.98 Å². The number of H-pyrrole nitrogens is 1. The first-order chi connectivity index (χ1) is 11.3. The lowest BCUT2D eigenvalue weighted by atomic mass is 10.1. The van der Waals surface area contributed by atoms with Gasteiger partial charge in [-0.3, -0.25) is 9.89 Å². The second-order valence-electron chi connectivity index (χ2n) is 4.80. The number of hydrogen-bond acceptors (Lipinski definition) is 4. The zero-order valence-electron chi connectivity index (χ0n) is 12.4. The van der Waals surface area contributed by atoms with Gasteiger partial charge in [0.05, 0.1) is 6.54 Å². The van der Waals surface area contributed by atoms with Gasteiger partial charge in [-0.1, -0.05) is 48.5 Å². The van der Waals surface area contributed by atoms with Crippen LogP contribution in [-0.2, 0) is 0 Å². The predicted octanol–water partition coefficient (Wildman–Crippen LogP) is 2.28. The van der Waals surface area contributed by atoms with Crippen molar-refractivity contribution in [2.75, 3.05) is 13.2 Å². The molecule has 6 heteroatoms. The molecule has 0 fully saturated rings. The minimum Gasteiger partial charge on any atom is -0.491 e. The number of carbonyl (C=O) groups excluding carboxylic acids is 1. The van der Waals surface area contributed by atoms with Gasteiger partial charge in [0, 0.05) is 5.56 Å². The molecule has 6 nitrogen and oxygen atoms in total. The first-order valence-corrected chi connectivity index (χ1v) is 7.25. The fourth-order valence-electron chi connectivity index (χ4n) is 2.17. The Labute approximate surface area is 133 Å². The molecule has 0 spiro atoms. The number of aromatic amines is 1. The van der Waals surface area contributed by atoms with E-state index in [4.69, 9.17) is 4.74 Å². The van der Waals surface area contributed by atoms with Gasteiger partial charge in [-0.05, 0) is 11.6 Å². The number of ether oxygens (including phenoxy) is 1. The van der Waals surface area contributed by atoms with Gasteiger partial charge in [0.2, 0.25) is 5.82 Å². The zero-order valence-corrected chi connectivity index (χ0v) is 12.4. The molecule has 0 bridgehead atoms. The van der Waals surface area contributed by atoms with E-state index in [9.17, 15) is 4.79 Å². The van der Waals surface area contributed by atoms with Gasteiger partial charge in [0.15, 0.2) is 0 Å². The van der Waals surface area contributed by atoms with Crippen molar-refractivity contribution in [3.05, 3.63) is 66.7 Å². The van der Waals surface area contributed by atoms with Crippen molar-refractivity contribution >= 4 is 5.91 Å². The van der Waals surface area contributed by atoms with Gasteiger partial charge < -0.3 is 10.1 Å². The highest BCUT2D eigenvalue weighted by Crippen LogP contribution is 2.29. The van der Waals surface area contributed by atoms with Crippen molar-refractivity contribution in [3.8, 4) is 16.9 Å². The first kappa shape index (κ1) is 14.8. The van der Waals surface area contributed by atoms with Crippen LogP contribution in [0.5, 0.6) is 5.75 Å². The van der Waals surface area contributed by atoms with Crippen LogP contribution in [0.3, 0.4) is 0 Å². The second-order valence-corrected chi connectivity index (χ2v) is 4.80. The molecule has 116 valence electrons. The lowest BCUT2D eigenvalue weighted by Crippen LogP contribution is -2.29. The van der Waals surface area contributed by atoms with E-state index in [2.05, 4.69) is 20.5 Å². The molecule has 2 N–H and O–H groups in total. The summed E-state index contributed by atoms with van der Waals surface area (Å²) in [6.45, 7) is 0.742. The Bertz CT molecular complexity index is 757. The van der Waals surface area contributed by atoms with E-state index in [1.807, 2.05) is 54.6 Å². The van der Waals surface area contributed by atoms with Crippen LogP contribution in [0, 0.1) is 0 Å². The number of benzene rings is 2. The summed E-state index contributed by atoms with van der Waals surface area (Å²) in [6.07, 6.45) is 1.29. The fraction of sp³-hybridized carbons (Fsp3) is 0.118. The monoisotopic (exact) mass is 308 g/mol. The van der Waals surface area contributed by atoms with Crippen LogP contribution < -0.4 is 10.1 Å². The standard InChI is InChI=1S/C17H16N4O2/c22-17(16-19-12-20-21-16)18-10-11-23-15-9-5-4-8-14(15)13-6-2-1-3-7-13/h1-9,12H,10-11H2,(H,18,22)(H,19,20,21). The second kappa shape index (κ2) is 7.22. The Kier molecular flexibility index (Phi) is 4.63. The Hall–Kier alpha value is -3.15. The molecule has 0 saturated heterocycles. The van der Waals surface area contributed by atoms with Gasteiger partial charge in [-0.2, -0.15) is 5.10 Å². The molecule has 2 aromatic carbocycles. The van der Waals surface area contributed by atoms with Crippen LogP contribution in [0.1, 0.15) is 10.6 Å². The summed E-state index contributed by atoms with van der Waals surface area (Å²) in [7, 11) is 0. The Morgan fingerprint density at radius 3 is 2.65 bits per heavy atom. The van der Waals surface area contributed by atoms with Gasteiger partial charge in [0.1, 0.15) is 18.7 Å². The summed E-state index contributed by atoms with van der Waals surface area (Å²) in [5, 5.41) is 8.87. The maximum Gasteiger partial charge on any atom is 0.288 e. The molecule has 1 aromatic heterocycles. The van der Waals surface area contributed by atoms with Crippen molar-refractivity contribution in [1.82, 2.24) is 20.5 Å². The zero-order chi connectivity index (χ0) is 15.9.